The van der Waals surface area contributed by atoms with Crippen LogP contribution in [0.1, 0.15) is 52.2 Å². The molecule has 26 heavy (non-hydrogen) atoms. The van der Waals surface area contributed by atoms with Crippen LogP contribution in [0.3, 0.4) is 0 Å². The summed E-state index contributed by atoms with van der Waals surface area (Å²) in [5, 5.41) is 3.02. The van der Waals surface area contributed by atoms with Crippen molar-refractivity contribution in [3.63, 3.8) is 0 Å². The zero-order valence-corrected chi connectivity index (χ0v) is 14.8. The van der Waals surface area contributed by atoms with Crippen LogP contribution in [-0.2, 0) is 17.6 Å². The molecule has 2 aromatic carbocycles. The van der Waals surface area contributed by atoms with Crippen LogP contribution in [0.4, 0.5) is 0 Å². The first-order valence-electron chi connectivity index (χ1n) is 9.35. The highest BCUT2D eigenvalue weighted by Crippen LogP contribution is 2.54. The Morgan fingerprint density at radius 1 is 1.15 bits per heavy atom. The zero-order chi connectivity index (χ0) is 18.1. The summed E-state index contributed by atoms with van der Waals surface area (Å²) in [7, 11) is 0. The number of amides is 2. The van der Waals surface area contributed by atoms with Crippen LogP contribution in [0.2, 0.25) is 0 Å². The first-order chi connectivity index (χ1) is 12.6. The molecule has 4 nitrogen and oxygen atoms in total. The molecule has 0 aromatic heterocycles. The monoisotopic (exact) mass is 348 g/mol. The Kier molecular flexibility index (Phi) is 4.27. The number of carbonyl (C=O) groups is 2. The molecule has 0 radical (unpaired) electrons. The predicted molar refractivity (Wildman–Crippen MR) is 101 cm³/mol. The molecule has 3 N–H and O–H groups in total. The summed E-state index contributed by atoms with van der Waals surface area (Å²) in [4.78, 5) is 24.6. The molecule has 2 atom stereocenters. The summed E-state index contributed by atoms with van der Waals surface area (Å²) in [6, 6.07) is 16.2. The molecule has 2 unspecified atom stereocenters. The van der Waals surface area contributed by atoms with Crippen molar-refractivity contribution in [2.45, 2.75) is 38.0 Å². The van der Waals surface area contributed by atoms with Crippen LogP contribution in [0, 0.1) is 5.41 Å². The topological polar surface area (TPSA) is 72.2 Å². The van der Waals surface area contributed by atoms with E-state index in [1.807, 2.05) is 12.1 Å². The van der Waals surface area contributed by atoms with Crippen LogP contribution in [0.15, 0.2) is 48.5 Å². The van der Waals surface area contributed by atoms with Gasteiger partial charge >= 0.3 is 0 Å². The van der Waals surface area contributed by atoms with Crippen molar-refractivity contribution < 1.29 is 9.59 Å². The fourth-order valence-electron chi connectivity index (χ4n) is 4.87. The van der Waals surface area contributed by atoms with E-state index in [-0.39, 0.29) is 11.8 Å². The Balaban J connectivity index is 1.63. The van der Waals surface area contributed by atoms with E-state index in [0.29, 0.717) is 18.5 Å². The number of carbonyl (C=O) groups excluding carboxylic acids is 2. The molecule has 2 aliphatic rings. The van der Waals surface area contributed by atoms with E-state index in [0.717, 1.165) is 36.8 Å². The third kappa shape index (κ3) is 2.70. The second kappa shape index (κ2) is 6.60. The van der Waals surface area contributed by atoms with E-state index in [1.165, 1.54) is 5.56 Å². The van der Waals surface area contributed by atoms with E-state index in [1.54, 1.807) is 6.07 Å². The van der Waals surface area contributed by atoms with Gasteiger partial charge in [0.1, 0.15) is 0 Å². The maximum atomic E-state index is 12.8. The lowest BCUT2D eigenvalue weighted by Gasteiger charge is -2.29. The fourth-order valence-corrected chi connectivity index (χ4v) is 4.87. The molecule has 1 aliphatic heterocycles. The molecule has 1 aliphatic carbocycles. The molecule has 1 heterocycles. The number of nitrogens with one attached hydrogen (secondary N) is 1. The minimum absolute atomic E-state index is 0.133. The normalized spacial score (nSPS) is 23.8. The van der Waals surface area contributed by atoms with E-state index < -0.39 is 11.3 Å². The lowest BCUT2D eigenvalue weighted by Crippen LogP contribution is -2.35. The van der Waals surface area contributed by atoms with Crippen LogP contribution < -0.4 is 11.1 Å². The van der Waals surface area contributed by atoms with Crippen molar-refractivity contribution in [2.75, 3.05) is 6.54 Å². The summed E-state index contributed by atoms with van der Waals surface area (Å²) in [5.41, 5.74) is 9.21. The number of benzene rings is 2. The highest BCUT2D eigenvalue weighted by Gasteiger charge is 2.53. The molecular weight excluding hydrogens is 324 g/mol. The molecule has 1 saturated heterocycles. The second-order valence-corrected chi connectivity index (χ2v) is 7.51. The molecule has 0 saturated carbocycles. The van der Waals surface area contributed by atoms with Crippen molar-refractivity contribution in [2.24, 2.45) is 11.1 Å². The zero-order valence-electron chi connectivity index (χ0n) is 14.8. The third-order valence-electron chi connectivity index (χ3n) is 6.12. The number of hydrogen-bond donors (Lipinski definition) is 2. The van der Waals surface area contributed by atoms with Gasteiger partial charge in [-0.15, -0.1) is 0 Å². The van der Waals surface area contributed by atoms with Crippen LogP contribution in [0.25, 0.3) is 0 Å². The minimum Gasteiger partial charge on any atom is -0.366 e. The molecule has 2 amide bonds. The van der Waals surface area contributed by atoms with Gasteiger partial charge in [-0.3, -0.25) is 9.59 Å². The summed E-state index contributed by atoms with van der Waals surface area (Å²) in [5.74, 6) is -0.114. The van der Waals surface area contributed by atoms with Gasteiger partial charge in [-0.2, -0.15) is 0 Å². The Morgan fingerprint density at radius 3 is 2.65 bits per heavy atom. The quantitative estimate of drug-likeness (QED) is 0.872. The number of nitrogens with two attached hydrogens (primary N) is 1. The van der Waals surface area contributed by atoms with Crippen molar-refractivity contribution in [3.8, 4) is 0 Å². The van der Waals surface area contributed by atoms with E-state index in [4.69, 9.17) is 5.73 Å². The summed E-state index contributed by atoms with van der Waals surface area (Å²) in [6.45, 7) is 0.716. The highest BCUT2D eigenvalue weighted by atomic mass is 16.2. The van der Waals surface area contributed by atoms with E-state index in [2.05, 4.69) is 35.6 Å². The van der Waals surface area contributed by atoms with Crippen molar-refractivity contribution in [1.29, 1.82) is 0 Å². The molecule has 1 fully saturated rings. The Hall–Kier alpha value is -2.62. The van der Waals surface area contributed by atoms with Crippen LogP contribution >= 0.6 is 0 Å². The van der Waals surface area contributed by atoms with Gasteiger partial charge in [0.05, 0.1) is 5.41 Å². The largest absolute Gasteiger partial charge is 0.366 e. The lowest BCUT2D eigenvalue weighted by atomic mass is 9.72. The minimum atomic E-state index is -0.412. The average molecular weight is 348 g/mol. The SMILES string of the molecule is NC(=O)c1cccc2c1CC1(CCNC1=O)C2CCCc1ccccc1. The van der Waals surface area contributed by atoms with Crippen molar-refractivity contribution in [1.82, 2.24) is 5.32 Å². The predicted octanol–water partition coefficient (Wildman–Crippen LogP) is 2.95. The number of rotatable bonds is 5. The molecule has 2 aromatic rings. The smallest absolute Gasteiger partial charge is 0.248 e. The highest BCUT2D eigenvalue weighted by molar-refractivity contribution is 5.96. The Morgan fingerprint density at radius 2 is 1.96 bits per heavy atom. The summed E-state index contributed by atoms with van der Waals surface area (Å²) >= 11 is 0. The molecule has 134 valence electrons. The van der Waals surface area contributed by atoms with E-state index >= 15 is 0 Å². The van der Waals surface area contributed by atoms with Crippen molar-refractivity contribution in [3.05, 3.63) is 70.8 Å². The number of primary amides is 1. The Bertz CT molecular complexity index is 846. The van der Waals surface area contributed by atoms with Gasteiger partial charge in [-0.1, -0.05) is 42.5 Å². The summed E-state index contributed by atoms with van der Waals surface area (Å²) < 4.78 is 0. The van der Waals surface area contributed by atoms with Gasteiger partial charge in [-0.05, 0) is 60.8 Å². The van der Waals surface area contributed by atoms with Gasteiger partial charge in [0.25, 0.3) is 0 Å². The fraction of sp³-hybridized carbons (Fsp3) is 0.364. The Labute approximate surface area is 153 Å². The van der Waals surface area contributed by atoms with Gasteiger partial charge < -0.3 is 11.1 Å². The summed E-state index contributed by atoms with van der Waals surface area (Å²) in [6.07, 6.45) is 4.42. The maximum absolute atomic E-state index is 12.8. The van der Waals surface area contributed by atoms with Gasteiger partial charge in [0.2, 0.25) is 11.8 Å². The molecule has 4 heteroatoms. The number of hydrogen-bond acceptors (Lipinski definition) is 2. The van der Waals surface area contributed by atoms with Gasteiger partial charge in [0.15, 0.2) is 0 Å². The number of fused-ring (bicyclic) bond motifs is 1. The van der Waals surface area contributed by atoms with Crippen LogP contribution in [-0.4, -0.2) is 18.4 Å². The van der Waals surface area contributed by atoms with Crippen molar-refractivity contribution >= 4 is 11.8 Å². The maximum Gasteiger partial charge on any atom is 0.248 e. The third-order valence-corrected chi connectivity index (χ3v) is 6.12. The van der Waals surface area contributed by atoms with Crippen LogP contribution in [0.5, 0.6) is 0 Å². The molecule has 0 bridgehead atoms. The molecule has 1 spiro atoms. The first kappa shape index (κ1) is 16.8. The lowest BCUT2D eigenvalue weighted by molar-refractivity contribution is -0.128. The van der Waals surface area contributed by atoms with Gasteiger partial charge in [-0.25, -0.2) is 0 Å². The molecule has 4 rings (SSSR count). The van der Waals surface area contributed by atoms with E-state index in [9.17, 15) is 9.59 Å². The molecular formula is C22H24N2O2. The number of aryl methyl sites for hydroxylation is 1. The van der Waals surface area contributed by atoms with Gasteiger partial charge in [0, 0.05) is 12.1 Å². The standard InChI is InChI=1S/C22H24N2O2/c23-20(25)17-10-5-9-16-18(17)14-22(12-13-24-21(22)26)19(16)11-4-8-15-6-2-1-3-7-15/h1-3,5-7,9-10,19H,4,8,11-14H2,(H2,23,25)(H,24,26). The average Bonchev–Trinajstić information content (AvgIpc) is 3.17. The second-order valence-electron chi connectivity index (χ2n) is 7.51. The first-order valence-corrected chi connectivity index (χ1v) is 9.35.